The number of fused-ring (bicyclic) bond motifs is 1. The first-order valence-corrected chi connectivity index (χ1v) is 10.2. The molecule has 0 radical (unpaired) electrons. The molecule has 2 amide bonds. The number of morpholine rings is 1. The molecule has 1 aromatic carbocycles. The van der Waals surface area contributed by atoms with Crippen molar-refractivity contribution in [3.8, 4) is 0 Å². The van der Waals surface area contributed by atoms with E-state index in [-0.39, 0.29) is 24.0 Å². The molecule has 4 rings (SSSR count). The number of carbonyl (C=O) groups excluding carboxylic acids is 2. The fraction of sp³-hybridized carbons (Fsp3) is 0.500. The lowest BCUT2D eigenvalue weighted by molar-refractivity contribution is -0.0587. The molecule has 2 aliphatic rings. The van der Waals surface area contributed by atoms with Crippen LogP contribution in [0.1, 0.15) is 57.1 Å². The van der Waals surface area contributed by atoms with E-state index in [1.165, 1.54) is 5.56 Å². The van der Waals surface area contributed by atoms with Crippen LogP contribution >= 0.6 is 0 Å². The van der Waals surface area contributed by atoms with E-state index in [1.807, 2.05) is 50.8 Å². The van der Waals surface area contributed by atoms with Gasteiger partial charge in [0, 0.05) is 42.9 Å². The van der Waals surface area contributed by atoms with Crippen molar-refractivity contribution in [1.82, 2.24) is 20.0 Å². The molecule has 0 bridgehead atoms. The summed E-state index contributed by atoms with van der Waals surface area (Å²) < 4.78 is 5.74. The van der Waals surface area contributed by atoms with Gasteiger partial charge in [-0.15, -0.1) is 0 Å². The molecule has 2 atom stereocenters. The largest absolute Gasteiger partial charge is 0.372 e. The summed E-state index contributed by atoms with van der Waals surface area (Å²) in [6.45, 7) is 10.1. The maximum atomic E-state index is 13.1. The number of rotatable bonds is 2. The maximum absolute atomic E-state index is 13.1. The third-order valence-corrected chi connectivity index (χ3v) is 5.88. The number of hydrogen-bond donors (Lipinski definition) is 1. The number of aryl methyl sites for hydroxylation is 2. The van der Waals surface area contributed by atoms with Gasteiger partial charge >= 0.3 is 0 Å². The van der Waals surface area contributed by atoms with Crippen LogP contribution in [0.4, 0.5) is 0 Å². The molecule has 3 heterocycles. The number of amides is 2. The molecule has 29 heavy (non-hydrogen) atoms. The highest BCUT2D eigenvalue weighted by atomic mass is 16.5. The predicted molar refractivity (Wildman–Crippen MR) is 109 cm³/mol. The second-order valence-electron chi connectivity index (χ2n) is 8.27. The standard InChI is InChI=1S/C22H28N4O3/c1-13-5-6-17(9-14(13)2)21(27)25-8-7-19-18(12-25)20(24-23-19)22(28)26-10-15(3)29-16(4)11-26/h5-6,9,15-16H,7-8,10-12H2,1-4H3,(H,23,24)/t15-,16-/m0/s1. The van der Waals surface area contributed by atoms with Gasteiger partial charge in [0.25, 0.3) is 11.8 Å². The molecular weight excluding hydrogens is 368 g/mol. The zero-order valence-corrected chi connectivity index (χ0v) is 17.5. The summed E-state index contributed by atoms with van der Waals surface area (Å²) in [5.41, 5.74) is 5.17. The Morgan fingerprint density at radius 1 is 1.07 bits per heavy atom. The number of nitrogens with one attached hydrogen (secondary N) is 1. The molecule has 1 saturated heterocycles. The SMILES string of the molecule is Cc1ccc(C(=O)N2CCc3[nH]nc(C(=O)N4C[C@H](C)O[C@@H](C)C4)c3C2)cc1C. The van der Waals surface area contributed by atoms with Crippen LogP contribution in [0.2, 0.25) is 0 Å². The van der Waals surface area contributed by atoms with Crippen LogP contribution < -0.4 is 0 Å². The Morgan fingerprint density at radius 2 is 1.79 bits per heavy atom. The van der Waals surface area contributed by atoms with Crippen molar-refractivity contribution in [2.45, 2.75) is 52.9 Å². The molecule has 7 heteroatoms. The van der Waals surface area contributed by atoms with Crippen LogP contribution in [0.3, 0.4) is 0 Å². The molecular formula is C22H28N4O3. The quantitative estimate of drug-likeness (QED) is 0.846. The lowest BCUT2D eigenvalue weighted by atomic mass is 10.0. The normalized spacial score (nSPS) is 21.8. The third-order valence-electron chi connectivity index (χ3n) is 5.88. The van der Waals surface area contributed by atoms with Crippen molar-refractivity contribution >= 4 is 11.8 Å². The van der Waals surface area contributed by atoms with Gasteiger partial charge in [-0.2, -0.15) is 5.10 Å². The van der Waals surface area contributed by atoms with Crippen LogP contribution in [0.25, 0.3) is 0 Å². The second kappa shape index (κ2) is 7.63. The number of aromatic nitrogens is 2. The van der Waals surface area contributed by atoms with Crippen molar-refractivity contribution in [2.24, 2.45) is 0 Å². The number of nitrogens with zero attached hydrogens (tertiary/aromatic N) is 3. The fourth-order valence-corrected chi connectivity index (χ4v) is 4.20. The predicted octanol–water partition coefficient (Wildman–Crippen LogP) is 2.47. The molecule has 154 valence electrons. The molecule has 0 unspecified atom stereocenters. The van der Waals surface area contributed by atoms with Gasteiger partial charge in [-0.05, 0) is 51.0 Å². The summed E-state index contributed by atoms with van der Waals surface area (Å²) in [6.07, 6.45) is 0.669. The molecule has 1 fully saturated rings. The molecule has 0 aliphatic carbocycles. The van der Waals surface area contributed by atoms with Crippen molar-refractivity contribution < 1.29 is 14.3 Å². The van der Waals surface area contributed by atoms with E-state index in [0.717, 1.165) is 16.8 Å². The molecule has 7 nitrogen and oxygen atoms in total. The molecule has 0 saturated carbocycles. The summed E-state index contributed by atoms with van der Waals surface area (Å²) in [5, 5.41) is 7.34. The van der Waals surface area contributed by atoms with Gasteiger partial charge in [0.2, 0.25) is 0 Å². The van der Waals surface area contributed by atoms with Crippen molar-refractivity contribution in [2.75, 3.05) is 19.6 Å². The van der Waals surface area contributed by atoms with Crippen LogP contribution in [0.15, 0.2) is 18.2 Å². The van der Waals surface area contributed by atoms with Gasteiger partial charge in [0.1, 0.15) is 0 Å². The first-order valence-electron chi connectivity index (χ1n) is 10.2. The van der Waals surface area contributed by atoms with E-state index in [0.29, 0.717) is 43.9 Å². The van der Waals surface area contributed by atoms with Crippen molar-refractivity contribution in [1.29, 1.82) is 0 Å². The number of H-pyrrole nitrogens is 1. The molecule has 1 N–H and O–H groups in total. The number of carbonyl (C=O) groups is 2. The van der Waals surface area contributed by atoms with E-state index in [2.05, 4.69) is 10.2 Å². The van der Waals surface area contributed by atoms with Gasteiger partial charge in [0.05, 0.1) is 18.8 Å². The molecule has 2 aromatic rings. The number of aromatic amines is 1. The van der Waals surface area contributed by atoms with Crippen molar-refractivity contribution in [3.63, 3.8) is 0 Å². The van der Waals surface area contributed by atoms with E-state index in [4.69, 9.17) is 4.74 Å². The Morgan fingerprint density at radius 3 is 2.48 bits per heavy atom. The average Bonchev–Trinajstić information content (AvgIpc) is 3.11. The summed E-state index contributed by atoms with van der Waals surface area (Å²) in [4.78, 5) is 29.8. The lowest BCUT2D eigenvalue weighted by Crippen LogP contribution is -2.48. The van der Waals surface area contributed by atoms with E-state index < -0.39 is 0 Å². The minimum absolute atomic E-state index is 0.000298. The Balaban J connectivity index is 1.55. The van der Waals surface area contributed by atoms with Crippen LogP contribution in [0, 0.1) is 13.8 Å². The van der Waals surface area contributed by atoms with E-state index in [9.17, 15) is 9.59 Å². The van der Waals surface area contributed by atoms with Gasteiger partial charge in [-0.25, -0.2) is 0 Å². The van der Waals surface area contributed by atoms with Gasteiger partial charge in [-0.1, -0.05) is 6.07 Å². The lowest BCUT2D eigenvalue weighted by Gasteiger charge is -2.35. The van der Waals surface area contributed by atoms with Gasteiger partial charge in [0.15, 0.2) is 5.69 Å². The molecule has 0 spiro atoms. The highest BCUT2D eigenvalue weighted by Gasteiger charge is 2.33. The minimum Gasteiger partial charge on any atom is -0.372 e. The highest BCUT2D eigenvalue weighted by Crippen LogP contribution is 2.24. The van der Waals surface area contributed by atoms with Crippen LogP contribution in [-0.2, 0) is 17.7 Å². The first-order chi connectivity index (χ1) is 13.8. The zero-order valence-electron chi connectivity index (χ0n) is 17.5. The Bertz CT molecular complexity index is 942. The monoisotopic (exact) mass is 396 g/mol. The average molecular weight is 396 g/mol. The Kier molecular flexibility index (Phi) is 5.17. The topological polar surface area (TPSA) is 78.5 Å². The fourth-order valence-electron chi connectivity index (χ4n) is 4.20. The van der Waals surface area contributed by atoms with E-state index in [1.54, 1.807) is 4.90 Å². The third kappa shape index (κ3) is 3.79. The second-order valence-corrected chi connectivity index (χ2v) is 8.27. The minimum atomic E-state index is -0.0926. The summed E-state index contributed by atoms with van der Waals surface area (Å²) in [5.74, 6) is -0.100. The first kappa shape index (κ1) is 19.6. The zero-order chi connectivity index (χ0) is 20.7. The highest BCUT2D eigenvalue weighted by molar-refractivity contribution is 5.96. The summed E-state index contributed by atoms with van der Waals surface area (Å²) in [6, 6.07) is 5.79. The number of benzene rings is 1. The van der Waals surface area contributed by atoms with Gasteiger partial charge < -0.3 is 14.5 Å². The Labute approximate surface area is 171 Å². The van der Waals surface area contributed by atoms with Gasteiger partial charge in [-0.3, -0.25) is 14.7 Å². The summed E-state index contributed by atoms with van der Waals surface area (Å²) in [7, 11) is 0. The Hall–Kier alpha value is -2.67. The molecule has 1 aromatic heterocycles. The summed E-state index contributed by atoms with van der Waals surface area (Å²) >= 11 is 0. The van der Waals surface area contributed by atoms with Crippen LogP contribution in [-0.4, -0.2) is 63.7 Å². The molecule has 2 aliphatic heterocycles. The maximum Gasteiger partial charge on any atom is 0.274 e. The number of ether oxygens (including phenoxy) is 1. The van der Waals surface area contributed by atoms with Crippen LogP contribution in [0.5, 0.6) is 0 Å². The smallest absolute Gasteiger partial charge is 0.274 e. The van der Waals surface area contributed by atoms with Crippen molar-refractivity contribution in [3.05, 3.63) is 51.8 Å². The number of hydrogen-bond acceptors (Lipinski definition) is 4. The van der Waals surface area contributed by atoms with E-state index >= 15 is 0 Å².